The van der Waals surface area contributed by atoms with E-state index in [0.717, 1.165) is 19.3 Å². The lowest BCUT2D eigenvalue weighted by Gasteiger charge is -2.60. The number of aliphatic hydroxyl groups is 2. The molecule has 2 fully saturated rings. The molecule has 0 aromatic carbocycles. The van der Waals surface area contributed by atoms with E-state index in [2.05, 4.69) is 27.7 Å². The minimum atomic E-state index is -0.823. The van der Waals surface area contributed by atoms with Crippen LogP contribution in [0.25, 0.3) is 0 Å². The van der Waals surface area contributed by atoms with Crippen LogP contribution < -0.4 is 0 Å². The van der Waals surface area contributed by atoms with Crippen molar-refractivity contribution in [3.8, 4) is 0 Å². The Morgan fingerprint density at radius 3 is 1.71 bits per heavy atom. The van der Waals surface area contributed by atoms with E-state index in [9.17, 15) is 10.2 Å². The van der Waals surface area contributed by atoms with Crippen LogP contribution in [0, 0.1) is 16.2 Å². The van der Waals surface area contributed by atoms with Gasteiger partial charge in [-0.1, -0.05) is 27.7 Å². The maximum absolute atomic E-state index is 10.7. The molecule has 0 aromatic heterocycles. The van der Waals surface area contributed by atoms with Crippen LogP contribution in [0.15, 0.2) is 0 Å². The summed E-state index contributed by atoms with van der Waals surface area (Å²) in [5.74, 6) is 0. The van der Waals surface area contributed by atoms with Crippen molar-refractivity contribution in [2.75, 3.05) is 19.8 Å². The molecule has 0 aromatic rings. The Hall–Kier alpha value is -0.120. The lowest BCUT2D eigenvalue weighted by atomic mass is 9.50. The van der Waals surface area contributed by atoms with Gasteiger partial charge in [0.25, 0.3) is 0 Å². The van der Waals surface area contributed by atoms with Crippen molar-refractivity contribution in [3.05, 3.63) is 0 Å². The first kappa shape index (κ1) is 13.3. The largest absolute Gasteiger partial charge is 0.396 e. The van der Waals surface area contributed by atoms with Gasteiger partial charge in [-0.05, 0) is 30.1 Å². The molecule has 3 heteroatoms. The molecular formula is C14H26O3. The predicted molar refractivity (Wildman–Crippen MR) is 66.7 cm³/mol. The van der Waals surface area contributed by atoms with Crippen LogP contribution in [0.4, 0.5) is 0 Å². The average Bonchev–Trinajstić information content (AvgIpc) is 2.08. The van der Waals surface area contributed by atoms with E-state index in [0.29, 0.717) is 13.2 Å². The minimum absolute atomic E-state index is 0.0553. The zero-order chi connectivity index (χ0) is 12.9. The molecule has 0 bridgehead atoms. The molecule has 1 saturated carbocycles. The van der Waals surface area contributed by atoms with E-state index in [4.69, 9.17) is 4.74 Å². The fraction of sp³-hybridized carbons (Fsp3) is 1.00. The summed E-state index contributed by atoms with van der Waals surface area (Å²) in [5.41, 5.74) is -0.890. The highest BCUT2D eigenvalue weighted by Crippen LogP contribution is 2.59. The molecule has 1 aliphatic carbocycles. The van der Waals surface area contributed by atoms with Crippen LogP contribution in [0.2, 0.25) is 0 Å². The highest BCUT2D eigenvalue weighted by molar-refractivity contribution is 5.09. The van der Waals surface area contributed by atoms with Crippen LogP contribution in [-0.2, 0) is 4.74 Å². The third kappa shape index (κ3) is 2.13. The van der Waals surface area contributed by atoms with Crippen LogP contribution >= 0.6 is 0 Å². The van der Waals surface area contributed by atoms with Gasteiger partial charge < -0.3 is 14.9 Å². The molecule has 1 saturated heterocycles. The summed E-state index contributed by atoms with van der Waals surface area (Å²) >= 11 is 0. The van der Waals surface area contributed by atoms with Gasteiger partial charge in [0.1, 0.15) is 5.60 Å². The van der Waals surface area contributed by atoms with Crippen molar-refractivity contribution in [2.45, 2.75) is 52.6 Å². The summed E-state index contributed by atoms with van der Waals surface area (Å²) < 4.78 is 5.19. The highest BCUT2D eigenvalue weighted by atomic mass is 16.5. The molecule has 0 atom stereocenters. The second kappa shape index (κ2) is 3.69. The fourth-order valence-electron chi connectivity index (χ4n) is 4.50. The zero-order valence-corrected chi connectivity index (χ0v) is 11.5. The van der Waals surface area contributed by atoms with Crippen molar-refractivity contribution in [1.29, 1.82) is 0 Å². The molecule has 0 unspecified atom stereocenters. The van der Waals surface area contributed by atoms with Gasteiger partial charge in [0.05, 0.1) is 19.8 Å². The van der Waals surface area contributed by atoms with E-state index >= 15 is 0 Å². The Labute approximate surface area is 104 Å². The SMILES string of the molecule is CC1(C)CC(C)(C)CC(CO)(C2(O)COC2)C1. The lowest BCUT2D eigenvalue weighted by molar-refractivity contribution is -0.274. The number of aliphatic hydroxyl groups excluding tert-OH is 1. The first-order valence-corrected chi connectivity index (χ1v) is 6.55. The normalized spacial score (nSPS) is 32.8. The maximum atomic E-state index is 10.7. The van der Waals surface area contributed by atoms with Gasteiger partial charge in [0, 0.05) is 5.41 Å². The molecule has 2 aliphatic rings. The summed E-state index contributed by atoms with van der Waals surface area (Å²) in [6.07, 6.45) is 2.89. The van der Waals surface area contributed by atoms with E-state index < -0.39 is 11.0 Å². The van der Waals surface area contributed by atoms with Crippen molar-refractivity contribution in [2.24, 2.45) is 16.2 Å². The van der Waals surface area contributed by atoms with Crippen molar-refractivity contribution < 1.29 is 14.9 Å². The summed E-state index contributed by atoms with van der Waals surface area (Å²) in [7, 11) is 0. The van der Waals surface area contributed by atoms with Gasteiger partial charge in [-0.15, -0.1) is 0 Å². The van der Waals surface area contributed by atoms with E-state index in [1.165, 1.54) is 0 Å². The first-order chi connectivity index (χ1) is 7.64. The standard InChI is InChI=1S/C14H26O3/c1-11(2)5-12(3,4)7-13(6-11,8-15)14(16)9-17-10-14/h15-16H,5-10H2,1-4H3. The summed E-state index contributed by atoms with van der Waals surface area (Å²) in [6, 6.07) is 0. The van der Waals surface area contributed by atoms with Gasteiger partial charge in [-0.3, -0.25) is 0 Å². The summed E-state index contributed by atoms with van der Waals surface area (Å²) in [4.78, 5) is 0. The van der Waals surface area contributed by atoms with Gasteiger partial charge >= 0.3 is 0 Å². The maximum Gasteiger partial charge on any atom is 0.119 e. The number of ether oxygens (including phenoxy) is 1. The molecule has 1 heterocycles. The molecule has 0 spiro atoms. The Kier molecular flexibility index (Phi) is 2.89. The Morgan fingerprint density at radius 2 is 1.41 bits per heavy atom. The molecule has 1 aliphatic heterocycles. The third-order valence-electron chi connectivity index (χ3n) is 4.56. The monoisotopic (exact) mass is 242 g/mol. The molecule has 2 rings (SSSR count). The summed E-state index contributed by atoms with van der Waals surface area (Å²) in [5, 5.41) is 20.6. The quantitative estimate of drug-likeness (QED) is 0.778. The molecule has 2 N–H and O–H groups in total. The topological polar surface area (TPSA) is 49.7 Å². The van der Waals surface area contributed by atoms with Crippen molar-refractivity contribution >= 4 is 0 Å². The van der Waals surface area contributed by atoms with Crippen molar-refractivity contribution in [3.63, 3.8) is 0 Å². The van der Waals surface area contributed by atoms with Gasteiger partial charge in [-0.25, -0.2) is 0 Å². The lowest BCUT2D eigenvalue weighted by Crippen LogP contribution is -2.66. The average molecular weight is 242 g/mol. The molecule has 0 amide bonds. The zero-order valence-electron chi connectivity index (χ0n) is 11.5. The van der Waals surface area contributed by atoms with Crippen molar-refractivity contribution in [1.82, 2.24) is 0 Å². The predicted octanol–water partition coefficient (Wildman–Crippen LogP) is 1.96. The van der Waals surface area contributed by atoms with Crippen LogP contribution in [0.5, 0.6) is 0 Å². The van der Waals surface area contributed by atoms with Crippen LogP contribution in [0.1, 0.15) is 47.0 Å². The Balaban J connectivity index is 2.33. The second-order valence-corrected chi connectivity index (χ2v) is 7.82. The van der Waals surface area contributed by atoms with E-state index in [1.807, 2.05) is 0 Å². The summed E-state index contributed by atoms with van der Waals surface area (Å²) in [6.45, 7) is 9.75. The third-order valence-corrected chi connectivity index (χ3v) is 4.56. The fourth-order valence-corrected chi connectivity index (χ4v) is 4.50. The Morgan fingerprint density at radius 1 is 0.941 bits per heavy atom. The molecule has 100 valence electrons. The van der Waals surface area contributed by atoms with Gasteiger partial charge in [0.15, 0.2) is 0 Å². The minimum Gasteiger partial charge on any atom is -0.396 e. The van der Waals surface area contributed by atoms with Crippen LogP contribution in [-0.4, -0.2) is 35.6 Å². The Bertz CT molecular complexity index is 287. The number of rotatable bonds is 2. The molecule has 0 radical (unpaired) electrons. The number of hydrogen-bond donors (Lipinski definition) is 2. The van der Waals surface area contributed by atoms with Crippen LogP contribution in [0.3, 0.4) is 0 Å². The van der Waals surface area contributed by atoms with Gasteiger partial charge in [0.2, 0.25) is 0 Å². The van der Waals surface area contributed by atoms with E-state index in [1.54, 1.807) is 0 Å². The highest BCUT2D eigenvalue weighted by Gasteiger charge is 2.60. The number of hydrogen-bond acceptors (Lipinski definition) is 3. The second-order valence-electron chi connectivity index (χ2n) is 7.82. The first-order valence-electron chi connectivity index (χ1n) is 6.55. The molecule has 17 heavy (non-hydrogen) atoms. The van der Waals surface area contributed by atoms with Gasteiger partial charge in [-0.2, -0.15) is 0 Å². The molecular weight excluding hydrogens is 216 g/mol. The van der Waals surface area contributed by atoms with E-state index in [-0.39, 0.29) is 17.4 Å². The smallest absolute Gasteiger partial charge is 0.119 e. The molecule has 3 nitrogen and oxygen atoms in total.